The highest BCUT2D eigenvalue weighted by Gasteiger charge is 2.56. The van der Waals surface area contributed by atoms with Crippen LogP contribution in [0.15, 0.2) is 170 Å². The molecule has 6 aromatic carbocycles. The van der Waals surface area contributed by atoms with Crippen LogP contribution in [0.2, 0.25) is 0 Å². The Labute approximate surface area is 605 Å². The number of carboxylic acids is 1. The van der Waals surface area contributed by atoms with E-state index >= 15 is 4.39 Å². The van der Waals surface area contributed by atoms with Crippen LogP contribution in [0.1, 0.15) is 53.5 Å². The molecule has 4 aliphatic rings. The number of nitrogens with two attached hydrogens (primary N) is 1. The van der Waals surface area contributed by atoms with E-state index in [2.05, 4.69) is 122 Å². The topological polar surface area (TPSA) is 178 Å². The van der Waals surface area contributed by atoms with Crippen LogP contribution < -0.4 is 15.2 Å². The summed E-state index contributed by atoms with van der Waals surface area (Å²) in [6.45, 7) is 15.2. The number of halogens is 4. The summed E-state index contributed by atoms with van der Waals surface area (Å²) >= 11 is 3.14. The molecule has 0 bridgehead atoms. The molecule has 0 atom stereocenters. The number of fused-ring (bicyclic) bond motifs is 2. The van der Waals surface area contributed by atoms with Crippen molar-refractivity contribution in [3.63, 3.8) is 0 Å². The average molecular weight is 1440 g/mol. The van der Waals surface area contributed by atoms with Crippen molar-refractivity contribution >= 4 is 72.1 Å². The number of pyridine rings is 2. The first kappa shape index (κ1) is 73.6. The van der Waals surface area contributed by atoms with Gasteiger partial charge in [-0.1, -0.05) is 78.9 Å². The fourth-order valence-corrected chi connectivity index (χ4v) is 14.9. The van der Waals surface area contributed by atoms with E-state index in [0.29, 0.717) is 59.6 Å². The smallest absolute Gasteiger partial charge is 0.317 e. The lowest BCUT2D eigenvalue weighted by atomic mass is 9.88. The molecule has 16 nitrogen and oxygen atoms in total. The van der Waals surface area contributed by atoms with Crippen LogP contribution in [-0.2, 0) is 51.5 Å². The summed E-state index contributed by atoms with van der Waals surface area (Å²) in [5, 5.41) is 8.92. The molecule has 22 heteroatoms. The average Bonchev–Trinajstić information content (AvgIpc) is 1.62. The lowest BCUT2D eigenvalue weighted by Crippen LogP contribution is -2.46. The summed E-state index contributed by atoms with van der Waals surface area (Å²) in [6, 6.07) is 45.1. The molecule has 0 spiro atoms. The Bertz CT molecular complexity index is 4610. The van der Waals surface area contributed by atoms with Gasteiger partial charge < -0.3 is 39.9 Å². The van der Waals surface area contributed by atoms with Crippen molar-refractivity contribution in [1.29, 1.82) is 0 Å². The van der Waals surface area contributed by atoms with E-state index in [9.17, 15) is 32.3 Å². The van der Waals surface area contributed by atoms with Crippen molar-refractivity contribution in [1.82, 2.24) is 39.4 Å². The number of piperazine rings is 2. The number of aliphatic carboxylic acids is 1. The number of carbonyl (C=O) groups is 4. The van der Waals surface area contributed by atoms with Gasteiger partial charge in [-0.25, -0.2) is 17.6 Å². The van der Waals surface area contributed by atoms with E-state index in [1.54, 1.807) is 77.5 Å². The number of nitrogen functional groups attached to an aromatic ring is 1. The Morgan fingerprint density at radius 2 is 0.854 bits per heavy atom. The molecule has 10 aromatic rings. The normalized spacial score (nSPS) is 15.9. The number of likely N-dealkylation sites (N-methyl/N-ethyl adjacent to an activating group) is 4. The number of ether oxygens (including phenoxy) is 2. The first-order valence-corrected chi connectivity index (χ1v) is 36.4. The van der Waals surface area contributed by atoms with Gasteiger partial charge in [-0.3, -0.25) is 38.9 Å². The van der Waals surface area contributed by atoms with Gasteiger partial charge in [0.25, 0.3) is 0 Å². The third kappa shape index (κ3) is 19.0. The van der Waals surface area contributed by atoms with Crippen LogP contribution in [0, 0.1) is 34.1 Å². The number of hydrogen-bond acceptors (Lipinski definition) is 17. The molecule has 2 aliphatic heterocycles. The monoisotopic (exact) mass is 1440 g/mol. The molecular formula is C81H85F4N9O7S2. The van der Waals surface area contributed by atoms with E-state index < -0.39 is 28.4 Å². The molecule has 103 heavy (non-hydrogen) atoms. The third-order valence-electron chi connectivity index (χ3n) is 19.7. The van der Waals surface area contributed by atoms with E-state index in [0.717, 1.165) is 133 Å². The second kappa shape index (κ2) is 33.1. The first-order chi connectivity index (χ1) is 49.6. The van der Waals surface area contributed by atoms with Gasteiger partial charge in [0.2, 0.25) is 0 Å². The zero-order chi connectivity index (χ0) is 72.4. The van der Waals surface area contributed by atoms with Crippen molar-refractivity contribution in [3.05, 3.63) is 221 Å². The first-order valence-electron chi connectivity index (χ1n) is 34.8. The number of Topliss-reactive ketones (excluding diaryl/α,β-unsaturated/α-hetero) is 3. The Morgan fingerprint density at radius 1 is 0.476 bits per heavy atom. The molecule has 4 fully saturated rings. The Morgan fingerprint density at radius 3 is 1.25 bits per heavy atom. The fourth-order valence-electron chi connectivity index (χ4n) is 12.8. The summed E-state index contributed by atoms with van der Waals surface area (Å²) in [7, 11) is 8.73. The predicted molar refractivity (Wildman–Crippen MR) is 398 cm³/mol. The number of thiophene rings is 2. The predicted octanol–water partition coefficient (Wildman–Crippen LogP) is 14.4. The molecular weight excluding hydrogens is 1350 g/mol. The van der Waals surface area contributed by atoms with Gasteiger partial charge in [-0.05, 0) is 153 Å². The van der Waals surface area contributed by atoms with Crippen LogP contribution in [-0.4, -0.2) is 175 Å². The number of nitrogens with zero attached hydrogens (tertiary/aromatic N) is 8. The minimum Gasteiger partial charge on any atom is -0.480 e. The number of hydrogen-bond donors (Lipinski definition) is 2. The zero-order valence-electron chi connectivity index (χ0n) is 58.4. The van der Waals surface area contributed by atoms with Crippen molar-refractivity contribution in [2.24, 2.45) is 10.8 Å². The lowest BCUT2D eigenvalue weighted by molar-refractivity contribution is -0.148. The molecule has 2 saturated heterocycles. The standard InChI is InChI=1S/C41H42F2N4O3S.C28H32FN5OS.C12H11FO3/c1-45-17-20-47(21-18-45)22-19-46(2)27-29-3-8-31(9-4-29)37-26-34-40(51-37)36(13-16-44-34)50-35-12-7-30(23-33(35)43)25-39(49)41(14-15-41)38(48)24-28-5-10-32(42)11-6-28;1-32-11-14-34(15-12-32)16-13-33(2)19-20-3-5-21(6-4-20)27-18-24-28(36-27)26(9-10-31-24)35-25-8-7-22(30)17-23(25)29;13-9-3-1-8(2-4-9)7-10(14)12(5-6-12)11(15)16/h3-13,16,23,26H,14-15,17-22,24-25,27H2,1-2H3;3-10,17-18H,11-16,19,30H2,1-2H3;1-4H,5-7H2,(H,15,16). The Balaban J connectivity index is 0.000000166. The van der Waals surface area contributed by atoms with Gasteiger partial charge in [-0.2, -0.15) is 0 Å². The zero-order valence-corrected chi connectivity index (χ0v) is 60.0. The van der Waals surface area contributed by atoms with Crippen LogP contribution in [0.3, 0.4) is 0 Å². The van der Waals surface area contributed by atoms with Gasteiger partial charge >= 0.3 is 5.97 Å². The molecule has 2 saturated carbocycles. The van der Waals surface area contributed by atoms with Crippen LogP contribution in [0.4, 0.5) is 23.2 Å². The minimum atomic E-state index is -1.16. The lowest BCUT2D eigenvalue weighted by Gasteiger charge is -2.33. The van der Waals surface area contributed by atoms with Gasteiger partial charge in [0.1, 0.15) is 28.5 Å². The van der Waals surface area contributed by atoms with Gasteiger partial charge in [0.15, 0.2) is 40.5 Å². The SMILES string of the molecule is CN1CCN(CCN(C)Cc2ccc(-c3cc4nccc(Oc5ccc(CC(=O)C6(C(=O)Cc7ccc(F)cc7)CC6)cc5F)c4s3)cc2)CC1.CN1CCN(CCN(C)Cc2ccc(-c3cc4nccc(Oc5ccc(N)cc5F)c4s3)cc2)CC1.O=C(O)C1(C(=O)Cc2ccc(F)cc2)CC1. The molecule has 536 valence electrons. The number of rotatable bonds is 26. The van der Waals surface area contributed by atoms with Crippen molar-refractivity contribution < 1.29 is 51.3 Å². The molecule has 3 N–H and O–H groups in total. The maximum Gasteiger partial charge on any atom is 0.317 e. The summed E-state index contributed by atoms with van der Waals surface area (Å²) in [5.41, 5.74) is 12.0. The van der Waals surface area contributed by atoms with Gasteiger partial charge in [0, 0.05) is 157 Å². The molecule has 2 aliphatic carbocycles. The Hall–Kier alpha value is -9.10. The fraction of sp³-hybridized carbons (Fsp3) is 0.333. The highest BCUT2D eigenvalue weighted by atomic mass is 32.1. The second-order valence-electron chi connectivity index (χ2n) is 27.6. The van der Waals surface area contributed by atoms with Crippen LogP contribution in [0.25, 0.3) is 41.3 Å². The minimum absolute atomic E-state index is 0.0447. The maximum atomic E-state index is 15.4. The van der Waals surface area contributed by atoms with E-state index in [1.807, 2.05) is 6.07 Å². The Kier molecular flexibility index (Phi) is 23.7. The molecule has 14 rings (SSSR count). The number of carbonyl (C=O) groups excluding carboxylic acids is 3. The number of anilines is 1. The second-order valence-corrected chi connectivity index (χ2v) is 29.7. The van der Waals surface area contributed by atoms with E-state index in [1.165, 1.54) is 65.7 Å². The van der Waals surface area contributed by atoms with Crippen molar-refractivity contribution in [2.75, 3.05) is 112 Å². The molecule has 4 aromatic heterocycles. The maximum absolute atomic E-state index is 15.4. The molecule has 0 radical (unpaired) electrons. The van der Waals surface area contributed by atoms with E-state index in [-0.39, 0.29) is 59.7 Å². The van der Waals surface area contributed by atoms with Gasteiger partial charge in [-0.15, -0.1) is 22.7 Å². The quantitative estimate of drug-likeness (QED) is 0.0297. The molecule has 6 heterocycles. The van der Waals surface area contributed by atoms with Crippen molar-refractivity contribution in [2.45, 2.75) is 58.0 Å². The number of benzene rings is 6. The highest BCUT2D eigenvalue weighted by Crippen LogP contribution is 2.50. The van der Waals surface area contributed by atoms with Crippen LogP contribution in [0.5, 0.6) is 23.0 Å². The number of aromatic nitrogens is 2. The largest absolute Gasteiger partial charge is 0.480 e. The third-order valence-corrected chi connectivity index (χ3v) is 22.1. The summed E-state index contributed by atoms with van der Waals surface area (Å²) in [4.78, 5) is 74.7. The number of ketones is 3. The summed E-state index contributed by atoms with van der Waals surface area (Å²) in [6.07, 6.45) is 5.22. The van der Waals surface area contributed by atoms with Crippen LogP contribution >= 0.6 is 22.7 Å². The van der Waals surface area contributed by atoms with Crippen molar-refractivity contribution in [3.8, 4) is 43.9 Å². The highest BCUT2D eigenvalue weighted by molar-refractivity contribution is 7.23. The number of carboxylic acid groups (broad SMARTS) is 1. The molecule has 0 unspecified atom stereocenters. The summed E-state index contributed by atoms with van der Waals surface area (Å²) < 4.78 is 69.2. The van der Waals surface area contributed by atoms with Gasteiger partial charge in [0.05, 0.1) is 25.8 Å². The summed E-state index contributed by atoms with van der Waals surface area (Å²) in [5.74, 6) is -2.26. The molecule has 0 amide bonds. The van der Waals surface area contributed by atoms with E-state index in [4.69, 9.17) is 20.3 Å².